The number of benzene rings is 2. The zero-order valence-electron chi connectivity index (χ0n) is 11.5. The highest BCUT2D eigenvalue weighted by Gasteiger charge is 2.03. The summed E-state index contributed by atoms with van der Waals surface area (Å²) >= 11 is 0. The molecule has 0 aliphatic carbocycles. The molecular weight excluding hydrogens is 269 g/mol. The van der Waals surface area contributed by atoms with Crippen molar-refractivity contribution in [1.29, 1.82) is 5.26 Å². The van der Waals surface area contributed by atoms with Gasteiger partial charge in [-0.05, 0) is 35.9 Å². The van der Waals surface area contributed by atoms with Crippen LogP contribution in [0.4, 0.5) is 15.8 Å². The summed E-state index contributed by atoms with van der Waals surface area (Å²) in [5, 5.41) is 14.3. The summed E-state index contributed by atoms with van der Waals surface area (Å²) in [6.45, 7) is 1.90. The van der Waals surface area contributed by atoms with Crippen molar-refractivity contribution in [3.05, 3.63) is 59.4 Å². The highest BCUT2D eigenvalue weighted by molar-refractivity contribution is 5.88. The van der Waals surface area contributed by atoms with Gasteiger partial charge >= 0.3 is 0 Å². The molecule has 0 saturated carbocycles. The van der Waals surface area contributed by atoms with Crippen molar-refractivity contribution in [3.63, 3.8) is 0 Å². The molecule has 5 heteroatoms. The van der Waals surface area contributed by atoms with Gasteiger partial charge in [0, 0.05) is 19.2 Å². The largest absolute Gasteiger partial charge is 0.379 e. The van der Waals surface area contributed by atoms with Crippen LogP contribution in [-0.2, 0) is 11.3 Å². The van der Waals surface area contributed by atoms with Crippen LogP contribution in [0.1, 0.15) is 18.1 Å². The lowest BCUT2D eigenvalue weighted by atomic mass is 10.2. The molecule has 0 radical (unpaired) electrons. The van der Waals surface area contributed by atoms with Crippen molar-refractivity contribution in [2.75, 3.05) is 10.6 Å². The summed E-state index contributed by atoms with van der Waals surface area (Å²) < 4.78 is 13.7. The Bertz CT molecular complexity index is 690. The van der Waals surface area contributed by atoms with Gasteiger partial charge in [0.25, 0.3) is 0 Å². The fourth-order valence-electron chi connectivity index (χ4n) is 1.83. The van der Waals surface area contributed by atoms with Crippen molar-refractivity contribution < 1.29 is 9.18 Å². The van der Waals surface area contributed by atoms with E-state index in [0.717, 1.165) is 11.3 Å². The van der Waals surface area contributed by atoms with E-state index in [1.165, 1.54) is 13.0 Å². The minimum Gasteiger partial charge on any atom is -0.379 e. The Balaban J connectivity index is 2.00. The molecule has 0 spiro atoms. The maximum atomic E-state index is 13.7. The SMILES string of the molecule is CC(=O)Nc1ccc(CNc2ccc(C#N)cc2F)cc1. The van der Waals surface area contributed by atoms with Gasteiger partial charge in [0.15, 0.2) is 0 Å². The van der Waals surface area contributed by atoms with Crippen LogP contribution in [0.3, 0.4) is 0 Å². The van der Waals surface area contributed by atoms with Gasteiger partial charge in [0.2, 0.25) is 5.91 Å². The number of carbonyl (C=O) groups excluding carboxylic acids is 1. The molecule has 0 aliphatic rings. The summed E-state index contributed by atoms with van der Waals surface area (Å²) in [5.41, 5.74) is 2.31. The number of halogens is 1. The first-order valence-corrected chi connectivity index (χ1v) is 6.38. The Labute approximate surface area is 122 Å². The van der Waals surface area contributed by atoms with E-state index >= 15 is 0 Å². The number of anilines is 2. The first kappa shape index (κ1) is 14.5. The number of rotatable bonds is 4. The third-order valence-corrected chi connectivity index (χ3v) is 2.86. The lowest BCUT2D eigenvalue weighted by Gasteiger charge is -2.09. The number of nitrogens with zero attached hydrogens (tertiary/aromatic N) is 1. The number of amides is 1. The standard InChI is InChI=1S/C16H14FN3O/c1-11(21)20-14-5-2-12(3-6-14)10-19-16-7-4-13(9-18)8-15(16)17/h2-8,19H,10H2,1H3,(H,20,21). The van der Waals surface area contributed by atoms with E-state index < -0.39 is 5.82 Å². The van der Waals surface area contributed by atoms with E-state index in [9.17, 15) is 9.18 Å². The zero-order chi connectivity index (χ0) is 15.2. The van der Waals surface area contributed by atoms with Gasteiger partial charge in [-0.1, -0.05) is 12.1 Å². The fourth-order valence-corrected chi connectivity index (χ4v) is 1.83. The molecule has 2 rings (SSSR count). The van der Waals surface area contributed by atoms with Crippen molar-refractivity contribution in [3.8, 4) is 6.07 Å². The second-order valence-corrected chi connectivity index (χ2v) is 4.54. The maximum absolute atomic E-state index is 13.7. The average molecular weight is 283 g/mol. The van der Waals surface area contributed by atoms with Crippen molar-refractivity contribution in [2.45, 2.75) is 13.5 Å². The number of hydrogen-bond donors (Lipinski definition) is 2. The van der Waals surface area contributed by atoms with Crippen LogP contribution >= 0.6 is 0 Å². The van der Waals surface area contributed by atoms with E-state index in [-0.39, 0.29) is 11.5 Å². The first-order chi connectivity index (χ1) is 10.1. The fraction of sp³-hybridized carbons (Fsp3) is 0.125. The van der Waals surface area contributed by atoms with Crippen molar-refractivity contribution in [2.24, 2.45) is 0 Å². The lowest BCUT2D eigenvalue weighted by molar-refractivity contribution is -0.114. The molecule has 0 bridgehead atoms. The predicted octanol–water partition coefficient (Wildman–Crippen LogP) is 3.27. The topological polar surface area (TPSA) is 64.9 Å². The van der Waals surface area contributed by atoms with Crippen LogP contribution in [0.25, 0.3) is 0 Å². The molecule has 1 amide bonds. The summed E-state index contributed by atoms with van der Waals surface area (Å²) in [6, 6.07) is 13.5. The number of hydrogen-bond acceptors (Lipinski definition) is 3. The normalized spacial score (nSPS) is 9.76. The molecule has 0 atom stereocenters. The summed E-state index contributed by atoms with van der Waals surface area (Å²) in [7, 11) is 0. The molecule has 0 heterocycles. The highest BCUT2D eigenvalue weighted by atomic mass is 19.1. The van der Waals surface area contributed by atoms with Gasteiger partial charge in [0.1, 0.15) is 5.82 Å². The number of nitriles is 1. The maximum Gasteiger partial charge on any atom is 0.221 e. The number of carbonyl (C=O) groups is 1. The zero-order valence-corrected chi connectivity index (χ0v) is 11.5. The van der Waals surface area contributed by atoms with Crippen LogP contribution in [0.2, 0.25) is 0 Å². The Morgan fingerprint density at radius 1 is 1.24 bits per heavy atom. The van der Waals surface area contributed by atoms with Gasteiger partial charge in [-0.15, -0.1) is 0 Å². The third kappa shape index (κ3) is 4.05. The molecule has 2 N–H and O–H groups in total. The molecule has 2 aromatic carbocycles. The minimum atomic E-state index is -0.455. The van der Waals surface area contributed by atoms with Crippen LogP contribution < -0.4 is 10.6 Å². The van der Waals surface area contributed by atoms with Gasteiger partial charge in [0.05, 0.1) is 17.3 Å². The second-order valence-electron chi connectivity index (χ2n) is 4.54. The van der Waals surface area contributed by atoms with Gasteiger partial charge in [-0.25, -0.2) is 4.39 Å². The number of nitrogens with one attached hydrogen (secondary N) is 2. The Morgan fingerprint density at radius 3 is 2.52 bits per heavy atom. The average Bonchev–Trinajstić information content (AvgIpc) is 2.47. The summed E-state index contributed by atoms with van der Waals surface area (Å²) in [4.78, 5) is 10.9. The summed E-state index contributed by atoms with van der Waals surface area (Å²) in [6.07, 6.45) is 0. The predicted molar refractivity (Wildman–Crippen MR) is 79.2 cm³/mol. The molecule has 21 heavy (non-hydrogen) atoms. The monoisotopic (exact) mass is 283 g/mol. The molecule has 4 nitrogen and oxygen atoms in total. The molecular formula is C16H14FN3O. The minimum absolute atomic E-state index is 0.125. The van der Waals surface area contributed by atoms with E-state index in [1.807, 2.05) is 18.2 Å². The van der Waals surface area contributed by atoms with Crippen molar-refractivity contribution >= 4 is 17.3 Å². The Hall–Kier alpha value is -2.87. The quantitative estimate of drug-likeness (QED) is 0.905. The molecule has 0 saturated heterocycles. The van der Waals surface area contributed by atoms with Crippen LogP contribution in [0.15, 0.2) is 42.5 Å². The van der Waals surface area contributed by atoms with E-state index in [0.29, 0.717) is 12.2 Å². The molecule has 2 aromatic rings. The Morgan fingerprint density at radius 2 is 1.95 bits per heavy atom. The smallest absolute Gasteiger partial charge is 0.221 e. The molecule has 0 fully saturated rings. The first-order valence-electron chi connectivity index (χ1n) is 6.38. The van der Waals surface area contributed by atoms with Crippen LogP contribution in [0, 0.1) is 17.1 Å². The van der Waals surface area contributed by atoms with Gasteiger partial charge in [-0.3, -0.25) is 4.79 Å². The van der Waals surface area contributed by atoms with E-state index in [1.54, 1.807) is 24.3 Å². The lowest BCUT2D eigenvalue weighted by Crippen LogP contribution is -2.06. The van der Waals surface area contributed by atoms with Gasteiger partial charge < -0.3 is 10.6 Å². The molecule has 106 valence electrons. The van der Waals surface area contributed by atoms with E-state index in [4.69, 9.17) is 5.26 Å². The highest BCUT2D eigenvalue weighted by Crippen LogP contribution is 2.17. The Kier molecular flexibility index (Phi) is 4.52. The molecule has 0 aliphatic heterocycles. The van der Waals surface area contributed by atoms with Crippen LogP contribution in [-0.4, -0.2) is 5.91 Å². The second kappa shape index (κ2) is 6.53. The van der Waals surface area contributed by atoms with Gasteiger partial charge in [-0.2, -0.15) is 5.26 Å². The molecule has 0 aromatic heterocycles. The van der Waals surface area contributed by atoms with Crippen molar-refractivity contribution in [1.82, 2.24) is 0 Å². The summed E-state index contributed by atoms with van der Waals surface area (Å²) in [5.74, 6) is -0.579. The van der Waals surface area contributed by atoms with Crippen LogP contribution in [0.5, 0.6) is 0 Å². The van der Waals surface area contributed by atoms with E-state index in [2.05, 4.69) is 10.6 Å². The third-order valence-electron chi connectivity index (χ3n) is 2.86. The molecule has 0 unspecified atom stereocenters.